The molecular formula is C15H19BrN2O. The van der Waals surface area contributed by atoms with E-state index in [2.05, 4.69) is 28.1 Å². The normalized spacial score (nSPS) is 30.2. The van der Waals surface area contributed by atoms with Gasteiger partial charge in [-0.1, -0.05) is 28.1 Å². The summed E-state index contributed by atoms with van der Waals surface area (Å²) in [5.41, 5.74) is 7.23. The van der Waals surface area contributed by atoms with Gasteiger partial charge in [0.2, 0.25) is 5.91 Å². The van der Waals surface area contributed by atoms with Crippen LogP contribution in [0.4, 0.5) is 0 Å². The molecule has 2 N–H and O–H groups in total. The molecule has 102 valence electrons. The highest BCUT2D eigenvalue weighted by Crippen LogP contribution is 2.48. The molecule has 2 fully saturated rings. The van der Waals surface area contributed by atoms with Gasteiger partial charge in [-0.25, -0.2) is 0 Å². The van der Waals surface area contributed by atoms with Crippen molar-refractivity contribution in [1.82, 2.24) is 4.90 Å². The monoisotopic (exact) mass is 322 g/mol. The molecule has 1 aliphatic heterocycles. The van der Waals surface area contributed by atoms with Gasteiger partial charge in [0, 0.05) is 29.5 Å². The number of piperidine rings is 1. The van der Waals surface area contributed by atoms with E-state index in [1.165, 1.54) is 5.56 Å². The van der Waals surface area contributed by atoms with E-state index < -0.39 is 0 Å². The molecule has 1 aromatic carbocycles. The Morgan fingerprint density at radius 1 is 1.32 bits per heavy atom. The van der Waals surface area contributed by atoms with Crippen molar-refractivity contribution in [1.29, 1.82) is 0 Å². The Bertz CT molecular complexity index is 474. The lowest BCUT2D eigenvalue weighted by Gasteiger charge is -2.31. The van der Waals surface area contributed by atoms with Gasteiger partial charge in [-0.15, -0.1) is 0 Å². The number of carbonyl (C=O) groups is 1. The summed E-state index contributed by atoms with van der Waals surface area (Å²) in [6.45, 7) is 1.62. The van der Waals surface area contributed by atoms with Crippen molar-refractivity contribution in [3.63, 3.8) is 0 Å². The molecule has 1 amide bonds. The molecule has 0 radical (unpaired) electrons. The Hall–Kier alpha value is -0.870. The van der Waals surface area contributed by atoms with Gasteiger partial charge in [-0.2, -0.15) is 0 Å². The fourth-order valence-corrected chi connectivity index (χ4v) is 3.26. The van der Waals surface area contributed by atoms with E-state index >= 15 is 0 Å². The largest absolute Gasteiger partial charge is 0.341 e. The molecule has 0 bridgehead atoms. The Morgan fingerprint density at radius 3 is 2.74 bits per heavy atom. The van der Waals surface area contributed by atoms with E-state index in [1.54, 1.807) is 0 Å². The molecule has 3 rings (SSSR count). The van der Waals surface area contributed by atoms with Crippen molar-refractivity contribution in [3.8, 4) is 0 Å². The number of benzene rings is 1. The molecule has 0 spiro atoms. The Balaban J connectivity index is 1.62. The first-order valence-electron chi connectivity index (χ1n) is 6.95. The molecule has 0 aromatic heterocycles. The van der Waals surface area contributed by atoms with Crippen LogP contribution in [0, 0.1) is 5.92 Å². The smallest absolute Gasteiger partial charge is 0.226 e. The third-order valence-electron chi connectivity index (χ3n) is 4.18. The van der Waals surface area contributed by atoms with E-state index in [9.17, 15) is 4.79 Å². The van der Waals surface area contributed by atoms with Gasteiger partial charge in [0.15, 0.2) is 0 Å². The number of carbonyl (C=O) groups excluding carboxylic acids is 1. The molecule has 2 aliphatic rings. The van der Waals surface area contributed by atoms with Crippen LogP contribution in [0.1, 0.15) is 30.7 Å². The van der Waals surface area contributed by atoms with Gasteiger partial charge in [0.1, 0.15) is 0 Å². The maximum Gasteiger partial charge on any atom is 0.226 e. The van der Waals surface area contributed by atoms with Crippen molar-refractivity contribution in [2.24, 2.45) is 11.7 Å². The summed E-state index contributed by atoms with van der Waals surface area (Å²) in [6.07, 6.45) is 3.08. The van der Waals surface area contributed by atoms with E-state index in [4.69, 9.17) is 5.73 Å². The number of likely N-dealkylation sites (tertiary alicyclic amines) is 1. The molecular weight excluding hydrogens is 304 g/mol. The maximum atomic E-state index is 12.4. The van der Waals surface area contributed by atoms with Crippen LogP contribution in [0.3, 0.4) is 0 Å². The maximum absolute atomic E-state index is 12.4. The van der Waals surface area contributed by atoms with E-state index in [0.29, 0.717) is 11.8 Å². The summed E-state index contributed by atoms with van der Waals surface area (Å²) >= 11 is 3.44. The third-order valence-corrected chi connectivity index (χ3v) is 4.70. The standard InChI is InChI=1S/C15H19BrN2O/c16-11-5-3-10(4-6-11)13-8-14(13)15(19)18-7-1-2-12(17)9-18/h3-6,12-14H,1-2,7-9,17H2/t12-,13+,14-/m1/s1. The first-order chi connectivity index (χ1) is 9.15. The lowest BCUT2D eigenvalue weighted by molar-refractivity contribution is -0.133. The summed E-state index contributed by atoms with van der Waals surface area (Å²) in [7, 11) is 0. The van der Waals surface area contributed by atoms with Crippen molar-refractivity contribution in [3.05, 3.63) is 34.3 Å². The van der Waals surface area contributed by atoms with Crippen LogP contribution in [0.25, 0.3) is 0 Å². The van der Waals surface area contributed by atoms with Gasteiger partial charge in [0.25, 0.3) is 0 Å². The van der Waals surface area contributed by atoms with Gasteiger partial charge in [0.05, 0.1) is 0 Å². The lowest BCUT2D eigenvalue weighted by atomic mass is 10.0. The fourth-order valence-electron chi connectivity index (χ4n) is 2.99. The number of amides is 1. The molecule has 0 unspecified atom stereocenters. The lowest BCUT2D eigenvalue weighted by Crippen LogP contribution is -2.46. The summed E-state index contributed by atoms with van der Waals surface area (Å²) in [4.78, 5) is 14.4. The van der Waals surface area contributed by atoms with Crippen molar-refractivity contribution in [2.45, 2.75) is 31.2 Å². The van der Waals surface area contributed by atoms with Crippen molar-refractivity contribution >= 4 is 21.8 Å². The Kier molecular flexibility index (Phi) is 3.63. The van der Waals surface area contributed by atoms with Crippen LogP contribution in [0.5, 0.6) is 0 Å². The first kappa shape index (κ1) is 13.1. The molecule has 1 aliphatic carbocycles. The number of hydrogen-bond acceptors (Lipinski definition) is 2. The second kappa shape index (κ2) is 5.25. The van der Waals surface area contributed by atoms with Crippen LogP contribution < -0.4 is 5.73 Å². The second-order valence-corrected chi connectivity index (χ2v) is 6.60. The van der Waals surface area contributed by atoms with Gasteiger partial charge < -0.3 is 10.6 Å². The van der Waals surface area contributed by atoms with Gasteiger partial charge in [-0.3, -0.25) is 4.79 Å². The predicted molar refractivity (Wildman–Crippen MR) is 78.8 cm³/mol. The SMILES string of the molecule is N[C@@H]1CCCN(C(=O)[C@@H]2C[C@H]2c2ccc(Br)cc2)C1. The highest BCUT2D eigenvalue weighted by Gasteiger charge is 2.46. The summed E-state index contributed by atoms with van der Waals surface area (Å²) in [6, 6.07) is 8.49. The minimum Gasteiger partial charge on any atom is -0.341 e. The quantitative estimate of drug-likeness (QED) is 0.909. The molecule has 1 aromatic rings. The van der Waals surface area contributed by atoms with Crippen LogP contribution >= 0.6 is 15.9 Å². The van der Waals surface area contributed by atoms with E-state index in [-0.39, 0.29) is 12.0 Å². The zero-order chi connectivity index (χ0) is 13.4. The number of nitrogens with zero attached hydrogens (tertiary/aromatic N) is 1. The molecule has 1 heterocycles. The van der Waals surface area contributed by atoms with Crippen LogP contribution in [0.2, 0.25) is 0 Å². The van der Waals surface area contributed by atoms with Crippen LogP contribution in [0.15, 0.2) is 28.7 Å². The Labute approximate surface area is 122 Å². The van der Waals surface area contributed by atoms with Crippen molar-refractivity contribution < 1.29 is 4.79 Å². The fraction of sp³-hybridized carbons (Fsp3) is 0.533. The number of nitrogens with two attached hydrogens (primary N) is 1. The highest BCUT2D eigenvalue weighted by molar-refractivity contribution is 9.10. The number of halogens is 1. The molecule has 1 saturated heterocycles. The molecule has 4 heteroatoms. The summed E-state index contributed by atoms with van der Waals surface area (Å²) in [5, 5.41) is 0. The molecule has 3 atom stereocenters. The zero-order valence-corrected chi connectivity index (χ0v) is 12.5. The average Bonchev–Trinajstić information content (AvgIpc) is 3.19. The zero-order valence-electron chi connectivity index (χ0n) is 10.9. The van der Waals surface area contributed by atoms with Crippen LogP contribution in [-0.4, -0.2) is 29.9 Å². The third kappa shape index (κ3) is 2.84. The van der Waals surface area contributed by atoms with Crippen molar-refractivity contribution in [2.75, 3.05) is 13.1 Å². The number of hydrogen-bond donors (Lipinski definition) is 1. The van der Waals surface area contributed by atoms with Gasteiger partial charge >= 0.3 is 0 Å². The van der Waals surface area contributed by atoms with Gasteiger partial charge in [-0.05, 0) is 42.9 Å². The second-order valence-electron chi connectivity index (χ2n) is 5.69. The topological polar surface area (TPSA) is 46.3 Å². The molecule has 1 saturated carbocycles. The minimum absolute atomic E-state index is 0.169. The molecule has 3 nitrogen and oxygen atoms in total. The molecule has 19 heavy (non-hydrogen) atoms. The summed E-state index contributed by atoms with van der Waals surface area (Å²) in [5.74, 6) is 0.910. The average molecular weight is 323 g/mol. The van der Waals surface area contributed by atoms with Crippen LogP contribution in [-0.2, 0) is 4.79 Å². The number of rotatable bonds is 2. The first-order valence-corrected chi connectivity index (χ1v) is 7.74. The Morgan fingerprint density at radius 2 is 2.05 bits per heavy atom. The predicted octanol–water partition coefficient (Wildman–Crippen LogP) is 2.50. The van der Waals surface area contributed by atoms with E-state index in [1.807, 2.05) is 17.0 Å². The highest BCUT2D eigenvalue weighted by atomic mass is 79.9. The minimum atomic E-state index is 0.169. The van der Waals surface area contributed by atoms with E-state index in [0.717, 1.165) is 36.8 Å². The summed E-state index contributed by atoms with van der Waals surface area (Å²) < 4.78 is 1.08.